The number of fused-ring (bicyclic) bond motifs is 3. The third-order valence-electron chi connectivity index (χ3n) is 3.28. The molecule has 0 atom stereocenters. The fourth-order valence-corrected chi connectivity index (χ4v) is 2.72. The van der Waals surface area contributed by atoms with Gasteiger partial charge < -0.3 is 10.5 Å². The van der Waals surface area contributed by atoms with Crippen LogP contribution in [0.25, 0.3) is 11.1 Å². The molecule has 1 aliphatic heterocycles. The molecular weight excluding hydrogens is 318 g/mol. The van der Waals surface area contributed by atoms with Crippen LogP contribution in [0.4, 0.5) is 5.69 Å². The second-order valence-corrected chi connectivity index (χ2v) is 5.32. The summed E-state index contributed by atoms with van der Waals surface area (Å²) in [6.45, 7) is 0.327. The van der Waals surface area contributed by atoms with Crippen molar-refractivity contribution in [2.45, 2.75) is 6.61 Å². The van der Waals surface area contributed by atoms with Crippen molar-refractivity contribution >= 4 is 21.6 Å². The standard InChI is InChI=1S/C15H8BrN3O/c16-10-1-2-13-11(4-10)14-9(7-20-13)3-8(5-17)15(19)12(14)6-18/h1-4H,7,19H2. The predicted octanol–water partition coefficient (Wildman–Crippen LogP) is 3.33. The zero-order chi connectivity index (χ0) is 14.3. The highest BCUT2D eigenvalue weighted by Crippen LogP contribution is 2.43. The van der Waals surface area contributed by atoms with Crippen LogP contribution in [-0.4, -0.2) is 0 Å². The van der Waals surface area contributed by atoms with Gasteiger partial charge in [0.15, 0.2) is 0 Å². The number of benzene rings is 2. The number of ether oxygens (including phenoxy) is 1. The molecular formula is C15H8BrN3O. The van der Waals surface area contributed by atoms with Gasteiger partial charge in [-0.25, -0.2) is 0 Å². The molecule has 0 aliphatic carbocycles. The maximum Gasteiger partial charge on any atom is 0.127 e. The molecule has 0 unspecified atom stereocenters. The van der Waals surface area contributed by atoms with Crippen molar-refractivity contribution in [1.29, 1.82) is 10.5 Å². The summed E-state index contributed by atoms with van der Waals surface area (Å²) in [4.78, 5) is 0. The highest BCUT2D eigenvalue weighted by atomic mass is 79.9. The van der Waals surface area contributed by atoms with E-state index in [1.165, 1.54) is 0 Å². The van der Waals surface area contributed by atoms with Crippen LogP contribution in [0.15, 0.2) is 28.7 Å². The van der Waals surface area contributed by atoms with E-state index in [0.29, 0.717) is 23.5 Å². The van der Waals surface area contributed by atoms with Gasteiger partial charge in [-0.05, 0) is 24.3 Å². The van der Waals surface area contributed by atoms with Crippen molar-refractivity contribution in [2.24, 2.45) is 0 Å². The van der Waals surface area contributed by atoms with E-state index >= 15 is 0 Å². The molecule has 0 amide bonds. The number of nitrogens with zero attached hydrogens (tertiary/aromatic N) is 2. The van der Waals surface area contributed by atoms with Crippen LogP contribution in [0, 0.1) is 22.7 Å². The molecule has 3 rings (SSSR count). The highest BCUT2D eigenvalue weighted by molar-refractivity contribution is 9.10. The quantitative estimate of drug-likeness (QED) is 0.753. The number of halogens is 1. The molecule has 5 heteroatoms. The fraction of sp³-hybridized carbons (Fsp3) is 0.0667. The molecule has 0 radical (unpaired) electrons. The first kappa shape index (κ1) is 12.5. The summed E-state index contributed by atoms with van der Waals surface area (Å²) in [5.74, 6) is 0.710. The number of nitriles is 2. The van der Waals surface area contributed by atoms with Gasteiger partial charge in [0, 0.05) is 21.2 Å². The fourth-order valence-electron chi connectivity index (χ4n) is 2.36. The summed E-state index contributed by atoms with van der Waals surface area (Å²) in [6, 6.07) is 11.4. The Labute approximate surface area is 124 Å². The number of anilines is 1. The van der Waals surface area contributed by atoms with Gasteiger partial charge in [-0.1, -0.05) is 15.9 Å². The molecule has 2 aromatic rings. The molecule has 0 saturated carbocycles. The molecule has 0 fully saturated rings. The smallest absolute Gasteiger partial charge is 0.127 e. The van der Waals surface area contributed by atoms with Crippen LogP contribution in [0.1, 0.15) is 16.7 Å². The summed E-state index contributed by atoms with van der Waals surface area (Å²) in [6.07, 6.45) is 0. The second kappa shape index (κ2) is 4.56. The summed E-state index contributed by atoms with van der Waals surface area (Å²) in [7, 11) is 0. The topological polar surface area (TPSA) is 82.8 Å². The Hall–Kier alpha value is -2.50. The Morgan fingerprint density at radius 2 is 2.00 bits per heavy atom. The lowest BCUT2D eigenvalue weighted by Crippen LogP contribution is -2.10. The maximum atomic E-state index is 9.40. The van der Waals surface area contributed by atoms with Crippen molar-refractivity contribution in [1.82, 2.24) is 0 Å². The molecule has 2 N–H and O–H groups in total. The Morgan fingerprint density at radius 3 is 2.70 bits per heavy atom. The molecule has 96 valence electrons. The molecule has 0 spiro atoms. The zero-order valence-corrected chi connectivity index (χ0v) is 11.9. The monoisotopic (exact) mass is 325 g/mol. The minimum atomic E-state index is 0.224. The molecule has 0 saturated heterocycles. The van der Waals surface area contributed by atoms with E-state index in [1.807, 2.05) is 24.3 Å². The Bertz CT molecular complexity index is 815. The average Bonchev–Trinajstić information content (AvgIpc) is 2.46. The van der Waals surface area contributed by atoms with Crippen molar-refractivity contribution in [3.8, 4) is 29.0 Å². The van der Waals surface area contributed by atoms with Crippen molar-refractivity contribution < 1.29 is 4.74 Å². The van der Waals surface area contributed by atoms with Gasteiger partial charge in [0.05, 0.1) is 16.8 Å². The van der Waals surface area contributed by atoms with Crippen molar-refractivity contribution in [2.75, 3.05) is 5.73 Å². The first-order valence-corrected chi connectivity index (χ1v) is 6.63. The van der Waals surface area contributed by atoms with E-state index in [4.69, 9.17) is 15.7 Å². The highest BCUT2D eigenvalue weighted by Gasteiger charge is 2.24. The number of nitrogen functional groups attached to an aromatic ring is 1. The Kier molecular flexibility index (Phi) is 2.85. The number of hydrogen-bond acceptors (Lipinski definition) is 4. The minimum Gasteiger partial charge on any atom is -0.488 e. The predicted molar refractivity (Wildman–Crippen MR) is 77.8 cm³/mol. The van der Waals surface area contributed by atoms with Crippen LogP contribution < -0.4 is 10.5 Å². The van der Waals surface area contributed by atoms with Gasteiger partial charge in [-0.15, -0.1) is 0 Å². The maximum absolute atomic E-state index is 9.40. The summed E-state index contributed by atoms with van der Waals surface area (Å²) >= 11 is 3.41. The lowest BCUT2D eigenvalue weighted by Gasteiger charge is -2.23. The molecule has 1 heterocycles. The third-order valence-corrected chi connectivity index (χ3v) is 3.77. The van der Waals surface area contributed by atoms with Crippen LogP contribution in [-0.2, 0) is 6.61 Å². The van der Waals surface area contributed by atoms with Gasteiger partial charge in [-0.3, -0.25) is 0 Å². The van der Waals surface area contributed by atoms with Crippen molar-refractivity contribution in [3.05, 3.63) is 45.4 Å². The van der Waals surface area contributed by atoms with Gasteiger partial charge in [0.25, 0.3) is 0 Å². The van der Waals surface area contributed by atoms with E-state index in [1.54, 1.807) is 6.07 Å². The van der Waals surface area contributed by atoms with Gasteiger partial charge in [0.1, 0.15) is 24.5 Å². The average molecular weight is 326 g/mol. The molecule has 1 aliphatic rings. The van der Waals surface area contributed by atoms with E-state index in [9.17, 15) is 5.26 Å². The van der Waals surface area contributed by atoms with E-state index in [0.717, 1.165) is 21.2 Å². The van der Waals surface area contributed by atoms with Gasteiger partial charge >= 0.3 is 0 Å². The molecule has 20 heavy (non-hydrogen) atoms. The second-order valence-electron chi connectivity index (χ2n) is 4.40. The SMILES string of the molecule is N#Cc1cc2c(c(C#N)c1N)-c1cc(Br)ccc1OC2. The lowest BCUT2D eigenvalue weighted by molar-refractivity contribution is 0.302. The summed E-state index contributed by atoms with van der Waals surface area (Å²) in [5, 5.41) is 18.5. The molecule has 4 nitrogen and oxygen atoms in total. The first-order chi connectivity index (χ1) is 9.65. The normalized spacial score (nSPS) is 11.6. The summed E-state index contributed by atoms with van der Waals surface area (Å²) in [5.41, 5.74) is 9.17. The van der Waals surface area contributed by atoms with Gasteiger partial charge in [0.2, 0.25) is 0 Å². The van der Waals surface area contributed by atoms with Crippen molar-refractivity contribution in [3.63, 3.8) is 0 Å². The molecule has 0 bridgehead atoms. The van der Waals surface area contributed by atoms with Crippen LogP contribution in [0.2, 0.25) is 0 Å². The Balaban J connectivity index is 2.41. The van der Waals surface area contributed by atoms with Gasteiger partial charge in [-0.2, -0.15) is 10.5 Å². The number of hydrogen-bond donors (Lipinski definition) is 1. The summed E-state index contributed by atoms with van der Waals surface area (Å²) < 4.78 is 6.55. The molecule has 0 aromatic heterocycles. The Morgan fingerprint density at radius 1 is 1.20 bits per heavy atom. The third kappa shape index (κ3) is 1.72. The van der Waals surface area contributed by atoms with Crippen LogP contribution in [0.3, 0.4) is 0 Å². The molecule has 2 aromatic carbocycles. The van der Waals surface area contributed by atoms with E-state index in [2.05, 4.69) is 22.0 Å². The number of nitrogens with two attached hydrogens (primary N) is 1. The van der Waals surface area contributed by atoms with Crippen LogP contribution in [0.5, 0.6) is 5.75 Å². The first-order valence-electron chi connectivity index (χ1n) is 5.84. The number of rotatable bonds is 0. The van der Waals surface area contributed by atoms with E-state index < -0.39 is 0 Å². The zero-order valence-electron chi connectivity index (χ0n) is 10.3. The lowest BCUT2D eigenvalue weighted by atomic mass is 9.89. The van der Waals surface area contributed by atoms with E-state index in [-0.39, 0.29) is 5.69 Å². The minimum absolute atomic E-state index is 0.224. The largest absolute Gasteiger partial charge is 0.488 e. The van der Waals surface area contributed by atoms with Crippen LogP contribution >= 0.6 is 15.9 Å².